The van der Waals surface area contributed by atoms with Crippen LogP contribution < -0.4 is 5.32 Å². The SMILES string of the molecule is CCN(Cc1ccccc1)C(=O)c1ccnc(C(=O)Nc2ccc(C)c(C)c2)c1. The third-order valence-corrected chi connectivity index (χ3v) is 4.89. The van der Waals surface area contributed by atoms with E-state index in [1.807, 2.05) is 69.3 Å². The van der Waals surface area contributed by atoms with Crippen LogP contribution in [-0.2, 0) is 6.54 Å². The van der Waals surface area contributed by atoms with Gasteiger partial charge in [-0.25, -0.2) is 0 Å². The van der Waals surface area contributed by atoms with E-state index in [0.29, 0.717) is 24.3 Å². The van der Waals surface area contributed by atoms with Gasteiger partial charge in [0, 0.05) is 30.5 Å². The van der Waals surface area contributed by atoms with Crippen molar-refractivity contribution in [3.8, 4) is 0 Å². The lowest BCUT2D eigenvalue weighted by molar-refractivity contribution is 0.0752. The van der Waals surface area contributed by atoms with Crippen molar-refractivity contribution in [2.75, 3.05) is 11.9 Å². The summed E-state index contributed by atoms with van der Waals surface area (Å²) in [6.45, 7) is 7.04. The molecular weight excluding hydrogens is 362 g/mol. The van der Waals surface area contributed by atoms with E-state index in [-0.39, 0.29) is 17.5 Å². The molecule has 2 aromatic carbocycles. The number of hydrogen-bond donors (Lipinski definition) is 1. The zero-order chi connectivity index (χ0) is 20.8. The normalized spacial score (nSPS) is 10.4. The van der Waals surface area contributed by atoms with Crippen LogP contribution in [0.2, 0.25) is 0 Å². The summed E-state index contributed by atoms with van der Waals surface area (Å²) in [5, 5.41) is 2.85. The lowest BCUT2D eigenvalue weighted by Crippen LogP contribution is -2.30. The number of carbonyl (C=O) groups is 2. The second kappa shape index (κ2) is 9.15. The summed E-state index contributed by atoms with van der Waals surface area (Å²) in [6.07, 6.45) is 1.50. The molecule has 3 rings (SSSR count). The molecule has 0 spiro atoms. The summed E-state index contributed by atoms with van der Waals surface area (Å²) >= 11 is 0. The van der Waals surface area contributed by atoms with E-state index < -0.39 is 0 Å². The molecule has 0 bridgehead atoms. The van der Waals surface area contributed by atoms with Crippen molar-refractivity contribution in [3.63, 3.8) is 0 Å². The average molecular weight is 387 g/mol. The molecule has 0 aliphatic rings. The Labute approximate surface area is 171 Å². The van der Waals surface area contributed by atoms with Gasteiger partial charge in [-0.3, -0.25) is 14.6 Å². The maximum Gasteiger partial charge on any atom is 0.274 e. The number of pyridine rings is 1. The van der Waals surface area contributed by atoms with Gasteiger partial charge in [-0.2, -0.15) is 0 Å². The molecule has 0 unspecified atom stereocenters. The zero-order valence-corrected chi connectivity index (χ0v) is 17.0. The molecule has 0 aliphatic heterocycles. The first-order valence-electron chi connectivity index (χ1n) is 9.65. The second-order valence-corrected chi connectivity index (χ2v) is 6.99. The maximum atomic E-state index is 13.0. The molecule has 0 aliphatic carbocycles. The molecule has 0 fully saturated rings. The van der Waals surface area contributed by atoms with Crippen LogP contribution in [0.1, 0.15) is 44.5 Å². The Balaban J connectivity index is 1.75. The van der Waals surface area contributed by atoms with Gasteiger partial charge < -0.3 is 10.2 Å². The predicted octanol–water partition coefficient (Wildman–Crippen LogP) is 4.61. The van der Waals surface area contributed by atoms with E-state index in [4.69, 9.17) is 0 Å². The number of amides is 2. The quantitative estimate of drug-likeness (QED) is 0.672. The Kier molecular flexibility index (Phi) is 6.39. The lowest BCUT2D eigenvalue weighted by Gasteiger charge is -2.21. The van der Waals surface area contributed by atoms with Crippen molar-refractivity contribution >= 4 is 17.5 Å². The van der Waals surface area contributed by atoms with Gasteiger partial charge in [0.05, 0.1) is 0 Å². The van der Waals surface area contributed by atoms with Crippen molar-refractivity contribution < 1.29 is 9.59 Å². The average Bonchev–Trinajstić information content (AvgIpc) is 2.75. The van der Waals surface area contributed by atoms with Crippen molar-refractivity contribution in [3.05, 3.63) is 94.8 Å². The van der Waals surface area contributed by atoms with E-state index in [1.165, 1.54) is 6.20 Å². The summed E-state index contributed by atoms with van der Waals surface area (Å²) in [7, 11) is 0. The highest BCUT2D eigenvalue weighted by Gasteiger charge is 2.17. The molecule has 5 heteroatoms. The minimum atomic E-state index is -0.339. The van der Waals surface area contributed by atoms with Crippen molar-refractivity contribution in [1.82, 2.24) is 9.88 Å². The van der Waals surface area contributed by atoms with Gasteiger partial charge in [0.1, 0.15) is 5.69 Å². The first kappa shape index (κ1) is 20.3. The summed E-state index contributed by atoms with van der Waals surface area (Å²) in [6, 6.07) is 18.8. The second-order valence-electron chi connectivity index (χ2n) is 6.99. The summed E-state index contributed by atoms with van der Waals surface area (Å²) in [5.74, 6) is -0.465. The first-order chi connectivity index (χ1) is 14.0. The highest BCUT2D eigenvalue weighted by atomic mass is 16.2. The summed E-state index contributed by atoms with van der Waals surface area (Å²) < 4.78 is 0. The number of hydrogen-bond acceptors (Lipinski definition) is 3. The Morgan fingerprint density at radius 2 is 1.72 bits per heavy atom. The molecule has 1 N–H and O–H groups in total. The molecular formula is C24H25N3O2. The number of aromatic nitrogens is 1. The number of rotatable bonds is 6. The van der Waals surface area contributed by atoms with Crippen LogP contribution in [0.5, 0.6) is 0 Å². The van der Waals surface area contributed by atoms with Crippen LogP contribution in [-0.4, -0.2) is 28.2 Å². The fourth-order valence-electron chi connectivity index (χ4n) is 3.02. The van der Waals surface area contributed by atoms with Crippen LogP contribution in [0.3, 0.4) is 0 Å². The molecule has 1 aromatic heterocycles. The third-order valence-electron chi connectivity index (χ3n) is 4.89. The van der Waals surface area contributed by atoms with Crippen molar-refractivity contribution in [1.29, 1.82) is 0 Å². The predicted molar refractivity (Wildman–Crippen MR) is 115 cm³/mol. The van der Waals surface area contributed by atoms with E-state index >= 15 is 0 Å². The molecule has 5 nitrogen and oxygen atoms in total. The zero-order valence-electron chi connectivity index (χ0n) is 17.0. The van der Waals surface area contributed by atoms with Crippen LogP contribution in [0.25, 0.3) is 0 Å². The van der Waals surface area contributed by atoms with E-state index in [9.17, 15) is 9.59 Å². The van der Waals surface area contributed by atoms with Gasteiger partial charge in [0.25, 0.3) is 11.8 Å². The van der Waals surface area contributed by atoms with E-state index in [2.05, 4.69) is 10.3 Å². The Morgan fingerprint density at radius 3 is 2.41 bits per heavy atom. The van der Waals surface area contributed by atoms with Crippen LogP contribution in [0.15, 0.2) is 66.9 Å². The standard InChI is InChI=1S/C24H25N3O2/c1-4-27(16-19-8-6-5-7-9-19)24(29)20-12-13-25-22(15-20)23(28)26-21-11-10-17(2)18(3)14-21/h5-15H,4,16H2,1-3H3,(H,26,28). The van der Waals surface area contributed by atoms with Crippen molar-refractivity contribution in [2.45, 2.75) is 27.3 Å². The number of carbonyl (C=O) groups excluding carboxylic acids is 2. The monoisotopic (exact) mass is 387 g/mol. The molecule has 148 valence electrons. The highest BCUT2D eigenvalue weighted by Crippen LogP contribution is 2.16. The minimum absolute atomic E-state index is 0.126. The number of nitrogens with one attached hydrogen (secondary N) is 1. The number of aryl methyl sites for hydroxylation is 2. The lowest BCUT2D eigenvalue weighted by atomic mass is 10.1. The number of nitrogens with zero attached hydrogens (tertiary/aromatic N) is 2. The fraction of sp³-hybridized carbons (Fsp3) is 0.208. The first-order valence-corrected chi connectivity index (χ1v) is 9.65. The summed E-state index contributed by atoms with van der Waals surface area (Å²) in [4.78, 5) is 31.5. The highest BCUT2D eigenvalue weighted by molar-refractivity contribution is 6.04. The smallest absolute Gasteiger partial charge is 0.274 e. The van der Waals surface area contributed by atoms with Gasteiger partial charge in [0.2, 0.25) is 0 Å². The number of anilines is 1. The van der Waals surface area contributed by atoms with Crippen LogP contribution in [0, 0.1) is 13.8 Å². The minimum Gasteiger partial charge on any atom is -0.335 e. The van der Waals surface area contributed by atoms with Crippen LogP contribution >= 0.6 is 0 Å². The van der Waals surface area contributed by atoms with E-state index in [0.717, 1.165) is 16.7 Å². The molecule has 0 atom stereocenters. The van der Waals surface area contributed by atoms with Crippen LogP contribution in [0.4, 0.5) is 5.69 Å². The molecule has 1 heterocycles. The topological polar surface area (TPSA) is 62.3 Å². The van der Waals surface area contributed by atoms with Gasteiger partial charge >= 0.3 is 0 Å². The molecule has 0 radical (unpaired) electrons. The molecule has 3 aromatic rings. The maximum absolute atomic E-state index is 13.0. The van der Waals surface area contributed by atoms with E-state index in [1.54, 1.807) is 17.0 Å². The molecule has 0 saturated heterocycles. The third kappa shape index (κ3) is 5.08. The Bertz CT molecular complexity index is 1020. The fourth-order valence-corrected chi connectivity index (χ4v) is 3.02. The van der Waals surface area contributed by atoms with Gasteiger partial charge in [0.15, 0.2) is 0 Å². The molecule has 0 saturated carbocycles. The Morgan fingerprint density at radius 1 is 0.966 bits per heavy atom. The molecule has 2 amide bonds. The summed E-state index contributed by atoms with van der Waals surface area (Å²) in [5.41, 5.74) is 4.68. The Hall–Kier alpha value is -3.47. The van der Waals surface area contributed by atoms with Gasteiger partial charge in [-0.15, -0.1) is 0 Å². The van der Waals surface area contributed by atoms with Gasteiger partial charge in [-0.05, 0) is 61.7 Å². The van der Waals surface area contributed by atoms with Gasteiger partial charge in [-0.1, -0.05) is 36.4 Å². The van der Waals surface area contributed by atoms with Crippen molar-refractivity contribution in [2.24, 2.45) is 0 Å². The molecule has 29 heavy (non-hydrogen) atoms. The number of benzene rings is 2. The largest absolute Gasteiger partial charge is 0.335 e.